The molecule has 0 amide bonds. The van der Waals surface area contributed by atoms with Crippen molar-refractivity contribution in [2.45, 2.75) is 11.4 Å². The standard InChI is InChI=1S/C19H16N4O2S2/c24-27(25,18-4-2-17(3-5-18)23-10-1-8-21-23)22-13-15-6-9-20-19(12-15)16-7-11-26-14-16/h1-12,14,22H,13H2. The van der Waals surface area contributed by atoms with Crippen molar-refractivity contribution in [2.24, 2.45) is 0 Å². The Hall–Kier alpha value is -2.81. The molecule has 0 aliphatic rings. The van der Waals surface area contributed by atoms with Gasteiger partial charge in [-0.25, -0.2) is 17.8 Å². The highest BCUT2D eigenvalue weighted by atomic mass is 32.2. The van der Waals surface area contributed by atoms with E-state index in [9.17, 15) is 8.42 Å². The van der Waals surface area contributed by atoms with Crippen molar-refractivity contribution in [2.75, 3.05) is 0 Å². The van der Waals surface area contributed by atoms with Crippen molar-refractivity contribution in [3.63, 3.8) is 0 Å². The van der Waals surface area contributed by atoms with Crippen LogP contribution in [0.1, 0.15) is 5.56 Å². The fourth-order valence-corrected chi connectivity index (χ4v) is 4.28. The molecule has 6 nitrogen and oxygen atoms in total. The normalized spacial score (nSPS) is 11.6. The van der Waals surface area contributed by atoms with Gasteiger partial charge in [0.05, 0.1) is 16.3 Å². The number of rotatable bonds is 6. The maximum atomic E-state index is 12.6. The van der Waals surface area contributed by atoms with E-state index in [1.807, 2.05) is 29.0 Å². The quantitative estimate of drug-likeness (QED) is 0.541. The number of thiophene rings is 1. The molecule has 4 aromatic rings. The van der Waals surface area contributed by atoms with Gasteiger partial charge in [0.2, 0.25) is 10.0 Å². The minimum atomic E-state index is -3.61. The van der Waals surface area contributed by atoms with Crippen LogP contribution in [0.3, 0.4) is 0 Å². The number of hydrogen-bond acceptors (Lipinski definition) is 5. The predicted molar refractivity (Wildman–Crippen MR) is 105 cm³/mol. The topological polar surface area (TPSA) is 76.9 Å². The largest absolute Gasteiger partial charge is 0.256 e. The van der Waals surface area contributed by atoms with Crippen LogP contribution in [-0.2, 0) is 16.6 Å². The zero-order valence-corrected chi connectivity index (χ0v) is 15.8. The minimum absolute atomic E-state index is 0.197. The first-order valence-electron chi connectivity index (χ1n) is 8.19. The van der Waals surface area contributed by atoms with E-state index in [4.69, 9.17) is 0 Å². The highest BCUT2D eigenvalue weighted by molar-refractivity contribution is 7.89. The number of benzene rings is 1. The molecule has 27 heavy (non-hydrogen) atoms. The maximum Gasteiger partial charge on any atom is 0.240 e. The Labute approximate surface area is 161 Å². The zero-order chi connectivity index (χ0) is 18.7. The van der Waals surface area contributed by atoms with E-state index in [1.165, 1.54) is 0 Å². The lowest BCUT2D eigenvalue weighted by Gasteiger charge is -2.09. The Kier molecular flexibility index (Phi) is 4.85. The Morgan fingerprint density at radius 1 is 1.07 bits per heavy atom. The number of aromatic nitrogens is 3. The van der Waals surface area contributed by atoms with Crippen LogP contribution in [0, 0.1) is 0 Å². The summed E-state index contributed by atoms with van der Waals surface area (Å²) in [5.74, 6) is 0. The molecule has 3 aromatic heterocycles. The SMILES string of the molecule is O=S(=O)(NCc1ccnc(-c2ccsc2)c1)c1ccc(-n2cccn2)cc1. The first-order valence-corrected chi connectivity index (χ1v) is 10.6. The highest BCUT2D eigenvalue weighted by Gasteiger charge is 2.14. The third kappa shape index (κ3) is 3.97. The third-order valence-electron chi connectivity index (χ3n) is 4.02. The Balaban J connectivity index is 1.48. The van der Waals surface area contributed by atoms with Gasteiger partial charge in [-0.1, -0.05) is 0 Å². The van der Waals surface area contributed by atoms with E-state index in [1.54, 1.807) is 64.9 Å². The lowest BCUT2D eigenvalue weighted by atomic mass is 10.1. The summed E-state index contributed by atoms with van der Waals surface area (Å²) in [5.41, 5.74) is 3.51. The smallest absolute Gasteiger partial charge is 0.240 e. The molecule has 3 heterocycles. The second-order valence-electron chi connectivity index (χ2n) is 5.83. The van der Waals surface area contributed by atoms with Gasteiger partial charge in [-0.2, -0.15) is 16.4 Å². The number of nitrogens with zero attached hydrogens (tertiary/aromatic N) is 3. The summed E-state index contributed by atoms with van der Waals surface area (Å²) >= 11 is 1.60. The van der Waals surface area contributed by atoms with Crippen LogP contribution < -0.4 is 4.72 Å². The molecule has 0 unspecified atom stereocenters. The third-order valence-corrected chi connectivity index (χ3v) is 6.12. The number of nitrogens with one attached hydrogen (secondary N) is 1. The van der Waals surface area contributed by atoms with Gasteiger partial charge in [0.1, 0.15) is 0 Å². The van der Waals surface area contributed by atoms with Crippen LogP contribution in [-0.4, -0.2) is 23.2 Å². The lowest BCUT2D eigenvalue weighted by Crippen LogP contribution is -2.23. The fraction of sp³-hybridized carbons (Fsp3) is 0.0526. The van der Waals surface area contributed by atoms with Gasteiger partial charge in [-0.15, -0.1) is 0 Å². The molecule has 0 atom stereocenters. The summed E-state index contributed by atoms with van der Waals surface area (Å²) < 4.78 is 29.5. The summed E-state index contributed by atoms with van der Waals surface area (Å²) in [6, 6.07) is 14.1. The average molecular weight is 396 g/mol. The van der Waals surface area contributed by atoms with Crippen molar-refractivity contribution in [3.8, 4) is 16.9 Å². The molecule has 136 valence electrons. The van der Waals surface area contributed by atoms with E-state index >= 15 is 0 Å². The second kappa shape index (κ2) is 7.43. The predicted octanol–water partition coefficient (Wildman–Crippen LogP) is 3.47. The van der Waals surface area contributed by atoms with Gasteiger partial charge in [-0.3, -0.25) is 4.98 Å². The van der Waals surface area contributed by atoms with Crippen molar-refractivity contribution in [3.05, 3.63) is 83.4 Å². The average Bonchev–Trinajstić information content (AvgIpc) is 3.41. The molecule has 0 bridgehead atoms. The summed E-state index contributed by atoms with van der Waals surface area (Å²) in [6.45, 7) is 0.197. The van der Waals surface area contributed by atoms with Gasteiger partial charge in [-0.05, 0) is 59.5 Å². The summed E-state index contributed by atoms with van der Waals surface area (Å²) in [4.78, 5) is 4.55. The second-order valence-corrected chi connectivity index (χ2v) is 8.38. The Bertz CT molecular complexity index is 1120. The van der Waals surface area contributed by atoms with Crippen molar-refractivity contribution in [1.29, 1.82) is 0 Å². The van der Waals surface area contributed by atoms with Gasteiger partial charge in [0.25, 0.3) is 0 Å². The number of pyridine rings is 1. The summed E-state index contributed by atoms with van der Waals surface area (Å²) in [7, 11) is -3.61. The van der Waals surface area contributed by atoms with E-state index < -0.39 is 10.0 Å². The molecule has 0 radical (unpaired) electrons. The molecule has 0 aliphatic heterocycles. The number of sulfonamides is 1. The van der Waals surface area contributed by atoms with Gasteiger partial charge in [0.15, 0.2) is 0 Å². The lowest BCUT2D eigenvalue weighted by molar-refractivity contribution is 0.581. The van der Waals surface area contributed by atoms with Gasteiger partial charge >= 0.3 is 0 Å². The zero-order valence-electron chi connectivity index (χ0n) is 14.2. The van der Waals surface area contributed by atoms with Crippen LogP contribution in [0.2, 0.25) is 0 Å². The molecule has 0 aliphatic carbocycles. The summed E-state index contributed by atoms with van der Waals surface area (Å²) in [5, 5.41) is 8.13. The molecular weight excluding hydrogens is 380 g/mol. The van der Waals surface area contributed by atoms with E-state index in [0.717, 1.165) is 22.5 Å². The molecule has 1 aromatic carbocycles. The molecule has 0 saturated carbocycles. The van der Waals surface area contributed by atoms with E-state index in [0.29, 0.717) is 0 Å². The van der Waals surface area contributed by atoms with Crippen LogP contribution in [0.25, 0.3) is 16.9 Å². The van der Waals surface area contributed by atoms with Crippen LogP contribution in [0.15, 0.2) is 82.8 Å². The van der Waals surface area contributed by atoms with Crippen molar-refractivity contribution >= 4 is 21.4 Å². The number of hydrogen-bond donors (Lipinski definition) is 1. The van der Waals surface area contributed by atoms with Crippen molar-refractivity contribution in [1.82, 2.24) is 19.5 Å². The van der Waals surface area contributed by atoms with Crippen LogP contribution in [0.5, 0.6) is 0 Å². The Morgan fingerprint density at radius 3 is 2.63 bits per heavy atom. The first-order chi connectivity index (χ1) is 13.1. The van der Waals surface area contributed by atoms with Gasteiger partial charge in [0, 0.05) is 36.1 Å². The molecule has 1 N–H and O–H groups in total. The highest BCUT2D eigenvalue weighted by Crippen LogP contribution is 2.21. The Morgan fingerprint density at radius 2 is 1.93 bits per heavy atom. The van der Waals surface area contributed by atoms with Crippen LogP contribution >= 0.6 is 11.3 Å². The maximum absolute atomic E-state index is 12.6. The first kappa shape index (κ1) is 17.6. The molecule has 0 fully saturated rings. The van der Waals surface area contributed by atoms with E-state index in [2.05, 4.69) is 14.8 Å². The molecular formula is C19H16N4O2S2. The minimum Gasteiger partial charge on any atom is -0.256 e. The monoisotopic (exact) mass is 396 g/mol. The molecule has 0 saturated heterocycles. The van der Waals surface area contributed by atoms with Crippen molar-refractivity contribution < 1.29 is 8.42 Å². The molecule has 8 heteroatoms. The molecule has 4 rings (SSSR count). The fourth-order valence-electron chi connectivity index (χ4n) is 2.61. The van der Waals surface area contributed by atoms with Crippen LogP contribution in [0.4, 0.5) is 0 Å². The van der Waals surface area contributed by atoms with Gasteiger partial charge < -0.3 is 0 Å². The summed E-state index contributed by atoms with van der Waals surface area (Å²) in [6.07, 6.45) is 5.16. The van der Waals surface area contributed by atoms with E-state index in [-0.39, 0.29) is 11.4 Å². The molecule has 0 spiro atoms.